The van der Waals surface area contributed by atoms with Crippen molar-refractivity contribution >= 4 is 21.6 Å². The van der Waals surface area contributed by atoms with Gasteiger partial charge in [-0.05, 0) is 54.9 Å². The summed E-state index contributed by atoms with van der Waals surface area (Å²) in [6.07, 6.45) is 6.26. The van der Waals surface area contributed by atoms with Crippen molar-refractivity contribution in [2.45, 2.75) is 49.5 Å². The van der Waals surface area contributed by atoms with E-state index in [9.17, 15) is 13.5 Å². The largest absolute Gasteiger partial charge is 0.396 e. The predicted octanol–water partition coefficient (Wildman–Crippen LogP) is 2.95. The Morgan fingerprint density at radius 1 is 1.23 bits per heavy atom. The van der Waals surface area contributed by atoms with E-state index in [-0.39, 0.29) is 28.9 Å². The van der Waals surface area contributed by atoms with Crippen molar-refractivity contribution in [3.05, 3.63) is 29.3 Å². The van der Waals surface area contributed by atoms with Crippen LogP contribution in [0.25, 0.3) is 0 Å². The summed E-state index contributed by atoms with van der Waals surface area (Å²) in [5, 5.41) is 10.2. The molecule has 1 spiro atoms. The minimum Gasteiger partial charge on any atom is -0.396 e. The molecule has 0 radical (unpaired) electrons. The summed E-state index contributed by atoms with van der Waals surface area (Å²) < 4.78 is 27.8. The maximum atomic E-state index is 12.5. The number of sulfonamides is 1. The number of aliphatic hydroxyl groups is 1. The number of aliphatic hydroxyl groups excluding tert-OH is 1. The van der Waals surface area contributed by atoms with E-state index in [2.05, 4.69) is 4.72 Å². The van der Waals surface area contributed by atoms with E-state index < -0.39 is 10.0 Å². The monoisotopic (exact) mass is 343 g/mol. The van der Waals surface area contributed by atoms with Gasteiger partial charge in [-0.3, -0.25) is 0 Å². The maximum Gasteiger partial charge on any atom is 0.240 e. The van der Waals surface area contributed by atoms with Crippen LogP contribution < -0.4 is 4.72 Å². The molecule has 122 valence electrons. The van der Waals surface area contributed by atoms with Crippen LogP contribution in [0.1, 0.15) is 38.5 Å². The number of hydrogen-bond donors (Lipinski definition) is 2. The smallest absolute Gasteiger partial charge is 0.240 e. The molecule has 0 saturated heterocycles. The molecule has 0 aliphatic heterocycles. The predicted molar refractivity (Wildman–Crippen MR) is 86.3 cm³/mol. The molecule has 4 nitrogen and oxygen atoms in total. The second-order valence-corrected chi connectivity index (χ2v) is 8.69. The fraction of sp³-hybridized carbons (Fsp3) is 0.625. The zero-order valence-corrected chi connectivity index (χ0v) is 14.0. The van der Waals surface area contributed by atoms with Crippen LogP contribution in [0.3, 0.4) is 0 Å². The van der Waals surface area contributed by atoms with Crippen molar-refractivity contribution < 1.29 is 13.5 Å². The lowest BCUT2D eigenvalue weighted by Gasteiger charge is -2.24. The van der Waals surface area contributed by atoms with Crippen LogP contribution in [-0.2, 0) is 10.0 Å². The molecule has 2 saturated carbocycles. The zero-order valence-electron chi connectivity index (χ0n) is 12.5. The van der Waals surface area contributed by atoms with Gasteiger partial charge in [0.05, 0.1) is 4.90 Å². The highest BCUT2D eigenvalue weighted by atomic mass is 35.5. The zero-order chi connectivity index (χ0) is 15.8. The van der Waals surface area contributed by atoms with Gasteiger partial charge in [-0.2, -0.15) is 0 Å². The number of halogens is 1. The quantitative estimate of drug-likeness (QED) is 0.883. The van der Waals surface area contributed by atoms with Crippen molar-refractivity contribution in [1.82, 2.24) is 4.72 Å². The highest BCUT2D eigenvalue weighted by Gasteiger charge is 2.59. The van der Waals surface area contributed by atoms with E-state index in [0.29, 0.717) is 5.02 Å². The van der Waals surface area contributed by atoms with Crippen LogP contribution in [-0.4, -0.2) is 26.2 Å². The van der Waals surface area contributed by atoms with Gasteiger partial charge < -0.3 is 5.11 Å². The van der Waals surface area contributed by atoms with Crippen molar-refractivity contribution in [1.29, 1.82) is 0 Å². The third kappa shape index (κ3) is 3.04. The molecule has 1 aromatic carbocycles. The first-order valence-electron chi connectivity index (χ1n) is 7.87. The average molecular weight is 344 g/mol. The van der Waals surface area contributed by atoms with Crippen LogP contribution in [0.15, 0.2) is 29.2 Å². The molecule has 3 atom stereocenters. The minimum atomic E-state index is -3.52. The van der Waals surface area contributed by atoms with E-state index in [1.54, 1.807) is 12.1 Å². The first-order chi connectivity index (χ1) is 10.5. The van der Waals surface area contributed by atoms with Crippen LogP contribution >= 0.6 is 11.6 Å². The molecule has 2 unspecified atom stereocenters. The van der Waals surface area contributed by atoms with Crippen molar-refractivity contribution in [3.63, 3.8) is 0 Å². The van der Waals surface area contributed by atoms with Gasteiger partial charge in [0.15, 0.2) is 0 Å². The Kier molecular flexibility index (Phi) is 4.52. The summed E-state index contributed by atoms with van der Waals surface area (Å²) in [4.78, 5) is 0.244. The lowest BCUT2D eigenvalue weighted by atomic mass is 9.84. The Morgan fingerprint density at radius 2 is 1.95 bits per heavy atom. The molecule has 22 heavy (non-hydrogen) atoms. The van der Waals surface area contributed by atoms with Crippen molar-refractivity contribution in [3.8, 4) is 0 Å². The van der Waals surface area contributed by atoms with Gasteiger partial charge in [-0.1, -0.05) is 30.9 Å². The lowest BCUT2D eigenvalue weighted by Crippen LogP contribution is -2.33. The SMILES string of the molecule is O=S(=O)(NC1CC12CCCCC[C@H]2CO)c1ccc(Cl)cc1. The van der Waals surface area contributed by atoms with Gasteiger partial charge in [0.2, 0.25) is 10.0 Å². The molecule has 0 aromatic heterocycles. The van der Waals surface area contributed by atoms with E-state index in [1.807, 2.05) is 0 Å². The Hall–Kier alpha value is -0.620. The summed E-state index contributed by atoms with van der Waals surface area (Å²) in [7, 11) is -3.52. The average Bonchev–Trinajstić information content (AvgIpc) is 3.20. The normalized spacial score (nSPS) is 31.9. The number of benzene rings is 1. The molecular formula is C16H22ClNO3S. The third-order valence-electron chi connectivity index (χ3n) is 5.27. The summed E-state index contributed by atoms with van der Waals surface area (Å²) >= 11 is 5.81. The molecular weight excluding hydrogens is 322 g/mol. The van der Waals surface area contributed by atoms with Crippen LogP contribution in [0.5, 0.6) is 0 Å². The fourth-order valence-electron chi connectivity index (χ4n) is 3.86. The van der Waals surface area contributed by atoms with Gasteiger partial charge in [0.25, 0.3) is 0 Å². The molecule has 0 heterocycles. The molecule has 2 aliphatic rings. The minimum absolute atomic E-state index is 0.0370. The number of rotatable bonds is 4. The van der Waals surface area contributed by atoms with E-state index in [0.717, 1.165) is 32.1 Å². The highest BCUT2D eigenvalue weighted by Crippen LogP contribution is 2.58. The summed E-state index contributed by atoms with van der Waals surface area (Å²) in [6.45, 7) is 0.152. The Morgan fingerprint density at radius 3 is 2.64 bits per heavy atom. The molecule has 1 aromatic rings. The maximum absolute atomic E-state index is 12.5. The standard InChI is InChI=1S/C16H22ClNO3S/c17-13-5-7-14(8-6-13)22(20,21)18-15-10-16(15)9-3-1-2-4-12(16)11-19/h5-8,12,15,18-19H,1-4,9-11H2/t12-,15?,16?/m0/s1. The van der Waals surface area contributed by atoms with Gasteiger partial charge in [-0.15, -0.1) is 0 Å². The van der Waals surface area contributed by atoms with Gasteiger partial charge in [-0.25, -0.2) is 13.1 Å². The van der Waals surface area contributed by atoms with Gasteiger partial charge >= 0.3 is 0 Å². The van der Waals surface area contributed by atoms with Crippen molar-refractivity contribution in [2.75, 3.05) is 6.61 Å². The molecule has 2 fully saturated rings. The first kappa shape index (κ1) is 16.2. The lowest BCUT2D eigenvalue weighted by molar-refractivity contribution is 0.149. The molecule has 3 rings (SSSR count). The number of hydrogen-bond acceptors (Lipinski definition) is 3. The molecule has 2 N–H and O–H groups in total. The molecule has 0 amide bonds. The fourth-order valence-corrected chi connectivity index (χ4v) is 5.31. The molecule has 6 heteroatoms. The van der Waals surface area contributed by atoms with E-state index >= 15 is 0 Å². The Balaban J connectivity index is 1.75. The second-order valence-electron chi connectivity index (χ2n) is 6.54. The third-order valence-corrected chi connectivity index (χ3v) is 7.01. The Labute approximate surface area is 136 Å². The second kappa shape index (κ2) is 6.11. The number of nitrogens with one attached hydrogen (secondary N) is 1. The molecule has 0 bridgehead atoms. The van der Waals surface area contributed by atoms with E-state index in [4.69, 9.17) is 11.6 Å². The molecule has 2 aliphatic carbocycles. The van der Waals surface area contributed by atoms with Crippen LogP contribution in [0, 0.1) is 11.3 Å². The van der Waals surface area contributed by atoms with E-state index in [1.165, 1.54) is 18.6 Å². The van der Waals surface area contributed by atoms with Crippen LogP contribution in [0.2, 0.25) is 5.02 Å². The first-order valence-corrected chi connectivity index (χ1v) is 9.73. The highest BCUT2D eigenvalue weighted by molar-refractivity contribution is 7.89. The summed E-state index contributed by atoms with van der Waals surface area (Å²) in [6, 6.07) is 6.16. The topological polar surface area (TPSA) is 66.4 Å². The summed E-state index contributed by atoms with van der Waals surface area (Å²) in [5.74, 6) is 0.216. The summed E-state index contributed by atoms with van der Waals surface area (Å²) in [5.41, 5.74) is -0.0370. The van der Waals surface area contributed by atoms with Crippen molar-refractivity contribution in [2.24, 2.45) is 11.3 Å². The van der Waals surface area contributed by atoms with Gasteiger partial charge in [0, 0.05) is 17.7 Å². The van der Waals surface area contributed by atoms with Gasteiger partial charge in [0.1, 0.15) is 0 Å². The Bertz CT molecular complexity index is 631. The van der Waals surface area contributed by atoms with Crippen LogP contribution in [0.4, 0.5) is 0 Å².